The molecule has 3 atom stereocenters. The average molecular weight is 168 g/mol. The summed E-state index contributed by atoms with van der Waals surface area (Å²) < 4.78 is 0. The summed E-state index contributed by atoms with van der Waals surface area (Å²) in [6.45, 7) is 8.15. The Hall–Kier alpha value is -0.0800. The number of hydrogen-bond donors (Lipinski definition) is 1. The molecule has 0 radical (unpaired) electrons. The van der Waals surface area contributed by atoms with Crippen LogP contribution in [-0.2, 0) is 0 Å². The summed E-state index contributed by atoms with van der Waals surface area (Å²) in [5, 5.41) is 0. The van der Waals surface area contributed by atoms with Crippen LogP contribution in [0.5, 0.6) is 0 Å². The molecule has 1 aliphatic carbocycles. The minimum atomic E-state index is 0.347. The molecule has 1 saturated heterocycles. The summed E-state index contributed by atoms with van der Waals surface area (Å²) in [5.74, 6) is 0.786. The summed E-state index contributed by atoms with van der Waals surface area (Å²) in [5.41, 5.74) is 6.35. The molecule has 2 N–H and O–H groups in total. The summed E-state index contributed by atoms with van der Waals surface area (Å²) in [4.78, 5) is 2.63. The van der Waals surface area contributed by atoms with E-state index in [-0.39, 0.29) is 0 Å². The van der Waals surface area contributed by atoms with E-state index < -0.39 is 0 Å². The third-order valence-electron chi connectivity index (χ3n) is 3.46. The molecule has 0 aromatic carbocycles. The molecule has 0 spiro atoms. The number of fused-ring (bicyclic) bond motifs is 2. The van der Waals surface area contributed by atoms with Crippen molar-refractivity contribution < 1.29 is 0 Å². The predicted octanol–water partition coefficient (Wildman–Crippen LogP) is 1.21. The maximum Gasteiger partial charge on any atom is 0.0128 e. The maximum atomic E-state index is 6.00. The molecule has 0 aromatic rings. The molecular formula is C10H20N2. The smallest absolute Gasteiger partial charge is 0.0128 e. The third-order valence-corrected chi connectivity index (χ3v) is 3.46. The van der Waals surface area contributed by atoms with Gasteiger partial charge in [-0.05, 0) is 39.5 Å². The standard InChI is InChI=1S/C10H20N2/c1-10(2,3)12-6-7-4-8(12)5-9(7)11/h7-9H,4-6,11H2,1-3H3/t7?,8?,9-/m1/s1. The van der Waals surface area contributed by atoms with Gasteiger partial charge in [0.15, 0.2) is 0 Å². The van der Waals surface area contributed by atoms with Crippen LogP contribution in [0.3, 0.4) is 0 Å². The summed E-state index contributed by atoms with van der Waals surface area (Å²) in [6.07, 6.45) is 2.57. The SMILES string of the molecule is CC(C)(C)N1CC2CC1C[C@H]2N. The molecule has 2 nitrogen and oxygen atoms in total. The van der Waals surface area contributed by atoms with Crippen molar-refractivity contribution in [3.63, 3.8) is 0 Å². The quantitative estimate of drug-likeness (QED) is 0.589. The Bertz CT molecular complexity index is 181. The van der Waals surface area contributed by atoms with Crippen LogP contribution >= 0.6 is 0 Å². The van der Waals surface area contributed by atoms with Gasteiger partial charge in [0, 0.05) is 24.2 Å². The van der Waals surface area contributed by atoms with Crippen LogP contribution in [-0.4, -0.2) is 29.1 Å². The molecule has 2 bridgehead atoms. The van der Waals surface area contributed by atoms with Crippen LogP contribution in [0.1, 0.15) is 33.6 Å². The van der Waals surface area contributed by atoms with Crippen molar-refractivity contribution in [3.05, 3.63) is 0 Å². The minimum absolute atomic E-state index is 0.347. The topological polar surface area (TPSA) is 29.3 Å². The van der Waals surface area contributed by atoms with Gasteiger partial charge in [0.05, 0.1) is 0 Å². The van der Waals surface area contributed by atoms with Gasteiger partial charge in [0.1, 0.15) is 0 Å². The van der Waals surface area contributed by atoms with Gasteiger partial charge < -0.3 is 5.73 Å². The molecule has 1 aliphatic heterocycles. The van der Waals surface area contributed by atoms with Crippen LogP contribution in [0, 0.1) is 5.92 Å². The van der Waals surface area contributed by atoms with Crippen LogP contribution in [0.2, 0.25) is 0 Å². The highest BCUT2D eigenvalue weighted by molar-refractivity contribution is 5.02. The largest absolute Gasteiger partial charge is 0.327 e. The van der Waals surface area contributed by atoms with Crippen molar-refractivity contribution in [1.29, 1.82) is 0 Å². The van der Waals surface area contributed by atoms with E-state index in [1.54, 1.807) is 0 Å². The Morgan fingerprint density at radius 1 is 1.25 bits per heavy atom. The Morgan fingerprint density at radius 3 is 2.25 bits per heavy atom. The molecule has 70 valence electrons. The Kier molecular flexibility index (Phi) is 1.74. The molecule has 12 heavy (non-hydrogen) atoms. The normalized spacial score (nSPS) is 42.5. The van der Waals surface area contributed by atoms with Crippen LogP contribution in [0.15, 0.2) is 0 Å². The molecule has 2 heteroatoms. The number of nitrogens with zero attached hydrogens (tertiary/aromatic N) is 1. The average Bonchev–Trinajstić information content (AvgIpc) is 2.41. The first-order valence-electron chi connectivity index (χ1n) is 5.01. The summed E-state index contributed by atoms with van der Waals surface area (Å²) in [6, 6.07) is 1.28. The zero-order valence-electron chi connectivity index (χ0n) is 8.38. The van der Waals surface area contributed by atoms with Crippen LogP contribution in [0.25, 0.3) is 0 Å². The van der Waals surface area contributed by atoms with Gasteiger partial charge in [-0.3, -0.25) is 4.90 Å². The lowest BCUT2D eigenvalue weighted by Gasteiger charge is -2.40. The van der Waals surface area contributed by atoms with Crippen molar-refractivity contribution in [2.45, 2.75) is 51.2 Å². The van der Waals surface area contributed by atoms with E-state index in [0.717, 1.165) is 12.0 Å². The molecule has 1 saturated carbocycles. The molecule has 2 fully saturated rings. The zero-order chi connectivity index (χ0) is 8.93. The van der Waals surface area contributed by atoms with E-state index in [1.165, 1.54) is 19.4 Å². The van der Waals surface area contributed by atoms with Gasteiger partial charge in [0.2, 0.25) is 0 Å². The Labute approximate surface area is 75.1 Å². The third kappa shape index (κ3) is 1.17. The fourth-order valence-corrected chi connectivity index (χ4v) is 2.81. The summed E-state index contributed by atoms with van der Waals surface area (Å²) >= 11 is 0. The first-order chi connectivity index (χ1) is 5.48. The van der Waals surface area contributed by atoms with Gasteiger partial charge in [-0.2, -0.15) is 0 Å². The van der Waals surface area contributed by atoms with Gasteiger partial charge in [-0.15, -0.1) is 0 Å². The first kappa shape index (κ1) is 8.52. The van der Waals surface area contributed by atoms with Crippen molar-refractivity contribution in [1.82, 2.24) is 4.90 Å². The number of rotatable bonds is 0. The van der Waals surface area contributed by atoms with Crippen molar-refractivity contribution >= 4 is 0 Å². The van der Waals surface area contributed by atoms with Crippen LogP contribution in [0.4, 0.5) is 0 Å². The molecule has 2 unspecified atom stereocenters. The van der Waals surface area contributed by atoms with Crippen molar-refractivity contribution in [2.24, 2.45) is 11.7 Å². The lowest BCUT2D eigenvalue weighted by Crippen LogP contribution is -2.50. The van der Waals surface area contributed by atoms with E-state index in [2.05, 4.69) is 25.7 Å². The number of hydrogen-bond acceptors (Lipinski definition) is 2. The van der Waals surface area contributed by atoms with Crippen molar-refractivity contribution in [3.8, 4) is 0 Å². The minimum Gasteiger partial charge on any atom is -0.327 e. The molecule has 0 amide bonds. The lowest BCUT2D eigenvalue weighted by molar-refractivity contribution is 0.0912. The Morgan fingerprint density at radius 2 is 1.92 bits per heavy atom. The fourth-order valence-electron chi connectivity index (χ4n) is 2.81. The lowest BCUT2D eigenvalue weighted by atomic mass is 9.98. The van der Waals surface area contributed by atoms with E-state index in [1.807, 2.05) is 0 Å². The highest BCUT2D eigenvalue weighted by Gasteiger charge is 2.46. The van der Waals surface area contributed by atoms with Crippen LogP contribution < -0.4 is 5.73 Å². The van der Waals surface area contributed by atoms with E-state index >= 15 is 0 Å². The molecular weight excluding hydrogens is 148 g/mol. The maximum absolute atomic E-state index is 6.00. The van der Waals surface area contributed by atoms with E-state index in [9.17, 15) is 0 Å². The molecule has 2 rings (SSSR count). The van der Waals surface area contributed by atoms with E-state index in [0.29, 0.717) is 11.6 Å². The molecule has 2 aliphatic rings. The Balaban J connectivity index is 2.08. The fraction of sp³-hybridized carbons (Fsp3) is 1.00. The molecule has 1 heterocycles. The highest BCUT2D eigenvalue weighted by atomic mass is 15.3. The highest BCUT2D eigenvalue weighted by Crippen LogP contribution is 2.40. The second kappa shape index (κ2) is 2.46. The monoisotopic (exact) mass is 168 g/mol. The second-order valence-electron chi connectivity index (χ2n) is 5.37. The van der Waals surface area contributed by atoms with Crippen molar-refractivity contribution in [2.75, 3.05) is 6.54 Å². The van der Waals surface area contributed by atoms with Gasteiger partial charge in [-0.25, -0.2) is 0 Å². The predicted molar refractivity (Wildman–Crippen MR) is 50.9 cm³/mol. The number of nitrogens with two attached hydrogens (primary N) is 1. The number of likely N-dealkylation sites (tertiary alicyclic amines) is 1. The van der Waals surface area contributed by atoms with E-state index in [4.69, 9.17) is 5.73 Å². The molecule has 0 aromatic heterocycles. The first-order valence-corrected chi connectivity index (χ1v) is 5.01. The zero-order valence-corrected chi connectivity index (χ0v) is 8.38. The number of piperidine rings is 1. The second-order valence-corrected chi connectivity index (χ2v) is 5.37. The van der Waals surface area contributed by atoms with Gasteiger partial charge >= 0.3 is 0 Å². The van der Waals surface area contributed by atoms with Gasteiger partial charge in [0.25, 0.3) is 0 Å². The summed E-state index contributed by atoms with van der Waals surface area (Å²) in [7, 11) is 0. The van der Waals surface area contributed by atoms with Gasteiger partial charge in [-0.1, -0.05) is 0 Å².